The molecule has 1 aromatic carbocycles. The van der Waals surface area contributed by atoms with Crippen molar-refractivity contribution in [3.63, 3.8) is 0 Å². The number of benzene rings is 1. The number of hydrogen-bond donors (Lipinski definition) is 2. The number of halogens is 1. The molecule has 0 heterocycles. The molecule has 0 saturated carbocycles. The summed E-state index contributed by atoms with van der Waals surface area (Å²) in [7, 11) is 0. The van der Waals surface area contributed by atoms with Crippen LogP contribution in [0.5, 0.6) is 0 Å². The van der Waals surface area contributed by atoms with Crippen LogP contribution in [0.3, 0.4) is 0 Å². The van der Waals surface area contributed by atoms with Gasteiger partial charge in [0.1, 0.15) is 5.82 Å². The van der Waals surface area contributed by atoms with E-state index in [0.29, 0.717) is 12.0 Å². The van der Waals surface area contributed by atoms with Crippen molar-refractivity contribution < 1.29 is 9.50 Å². The molecule has 3 atom stereocenters. The van der Waals surface area contributed by atoms with Gasteiger partial charge in [-0.2, -0.15) is 0 Å². The summed E-state index contributed by atoms with van der Waals surface area (Å²) in [4.78, 5) is 0. The molecule has 18 heavy (non-hydrogen) atoms. The van der Waals surface area contributed by atoms with Crippen molar-refractivity contribution in [2.24, 2.45) is 5.92 Å². The molecule has 1 aromatic rings. The van der Waals surface area contributed by atoms with E-state index >= 15 is 0 Å². The molecule has 102 valence electrons. The SMILES string of the molecule is CC(C)CC(C)NC(C)C(O)c1ccc(F)cc1. The van der Waals surface area contributed by atoms with Crippen LogP contribution in [0.4, 0.5) is 4.39 Å². The average molecular weight is 253 g/mol. The van der Waals surface area contributed by atoms with Crippen LogP contribution in [0.25, 0.3) is 0 Å². The summed E-state index contributed by atoms with van der Waals surface area (Å²) in [6.45, 7) is 8.43. The number of rotatable bonds is 6. The van der Waals surface area contributed by atoms with Crippen molar-refractivity contribution in [1.29, 1.82) is 0 Å². The summed E-state index contributed by atoms with van der Waals surface area (Å²) in [5, 5.41) is 13.6. The Morgan fingerprint density at radius 3 is 2.17 bits per heavy atom. The third-order valence-electron chi connectivity index (χ3n) is 3.06. The van der Waals surface area contributed by atoms with Crippen LogP contribution in [0.1, 0.15) is 45.8 Å². The Morgan fingerprint density at radius 2 is 1.67 bits per heavy atom. The molecule has 0 fully saturated rings. The van der Waals surface area contributed by atoms with Gasteiger partial charge in [0.15, 0.2) is 0 Å². The fourth-order valence-electron chi connectivity index (χ4n) is 2.26. The zero-order chi connectivity index (χ0) is 13.7. The lowest BCUT2D eigenvalue weighted by Gasteiger charge is -2.25. The molecule has 0 saturated heterocycles. The molecular formula is C15H24FNO. The van der Waals surface area contributed by atoms with E-state index in [1.807, 2.05) is 6.92 Å². The van der Waals surface area contributed by atoms with Crippen LogP contribution in [0.2, 0.25) is 0 Å². The molecule has 0 aliphatic rings. The molecule has 0 aromatic heterocycles. The molecule has 0 aliphatic carbocycles. The van der Waals surface area contributed by atoms with Crippen LogP contribution in [-0.2, 0) is 0 Å². The highest BCUT2D eigenvalue weighted by Crippen LogP contribution is 2.18. The van der Waals surface area contributed by atoms with Crippen LogP contribution >= 0.6 is 0 Å². The Labute approximate surface area is 109 Å². The summed E-state index contributed by atoms with van der Waals surface area (Å²) in [5.41, 5.74) is 0.744. The van der Waals surface area contributed by atoms with Crippen LogP contribution in [-0.4, -0.2) is 17.2 Å². The highest BCUT2D eigenvalue weighted by Gasteiger charge is 2.18. The zero-order valence-electron chi connectivity index (χ0n) is 11.7. The fourth-order valence-corrected chi connectivity index (χ4v) is 2.26. The maximum Gasteiger partial charge on any atom is 0.123 e. The Hall–Kier alpha value is -0.930. The fraction of sp³-hybridized carbons (Fsp3) is 0.600. The van der Waals surface area contributed by atoms with Crippen LogP contribution in [0, 0.1) is 11.7 Å². The summed E-state index contributed by atoms with van der Waals surface area (Å²) >= 11 is 0. The molecule has 2 N–H and O–H groups in total. The molecule has 3 heteroatoms. The third-order valence-corrected chi connectivity index (χ3v) is 3.06. The third kappa shape index (κ3) is 4.75. The second-order valence-electron chi connectivity index (χ2n) is 5.48. The van der Waals surface area contributed by atoms with Gasteiger partial charge in [0.2, 0.25) is 0 Å². The van der Waals surface area contributed by atoms with E-state index in [1.165, 1.54) is 12.1 Å². The first kappa shape index (κ1) is 15.1. The van der Waals surface area contributed by atoms with Crippen molar-refractivity contribution in [2.45, 2.75) is 52.3 Å². The van der Waals surface area contributed by atoms with Gasteiger partial charge in [-0.1, -0.05) is 26.0 Å². The Kier molecular flexibility index (Phi) is 5.76. The largest absolute Gasteiger partial charge is 0.387 e. The van der Waals surface area contributed by atoms with Gasteiger partial charge < -0.3 is 10.4 Å². The number of nitrogens with one attached hydrogen (secondary N) is 1. The Bertz CT molecular complexity index is 350. The molecule has 0 aliphatic heterocycles. The average Bonchev–Trinajstić information content (AvgIpc) is 2.27. The van der Waals surface area contributed by atoms with Gasteiger partial charge in [-0.3, -0.25) is 0 Å². The normalized spacial score (nSPS) is 16.6. The van der Waals surface area contributed by atoms with Crippen molar-refractivity contribution in [3.8, 4) is 0 Å². The highest BCUT2D eigenvalue weighted by molar-refractivity contribution is 5.19. The van der Waals surface area contributed by atoms with Gasteiger partial charge >= 0.3 is 0 Å². The molecular weight excluding hydrogens is 229 g/mol. The van der Waals surface area contributed by atoms with E-state index in [0.717, 1.165) is 12.0 Å². The van der Waals surface area contributed by atoms with Crippen molar-refractivity contribution >= 4 is 0 Å². The molecule has 3 unspecified atom stereocenters. The minimum atomic E-state index is -0.611. The predicted octanol–water partition coefficient (Wildman–Crippen LogP) is 3.27. The summed E-state index contributed by atoms with van der Waals surface area (Å²) in [5.74, 6) is 0.349. The molecule has 0 bridgehead atoms. The van der Waals surface area contributed by atoms with Crippen LogP contribution < -0.4 is 5.32 Å². The minimum Gasteiger partial charge on any atom is -0.387 e. The number of hydrogen-bond acceptors (Lipinski definition) is 2. The van der Waals surface area contributed by atoms with Gasteiger partial charge in [-0.15, -0.1) is 0 Å². The quantitative estimate of drug-likeness (QED) is 0.815. The Balaban J connectivity index is 2.55. The number of aliphatic hydroxyl groups excluding tert-OH is 1. The second-order valence-corrected chi connectivity index (χ2v) is 5.48. The molecule has 0 spiro atoms. The van der Waals surface area contributed by atoms with E-state index < -0.39 is 6.10 Å². The van der Waals surface area contributed by atoms with Gasteiger partial charge in [-0.25, -0.2) is 4.39 Å². The minimum absolute atomic E-state index is 0.0517. The first-order valence-electron chi connectivity index (χ1n) is 6.59. The molecule has 2 nitrogen and oxygen atoms in total. The first-order valence-corrected chi connectivity index (χ1v) is 6.59. The zero-order valence-corrected chi connectivity index (χ0v) is 11.7. The van der Waals surface area contributed by atoms with E-state index in [2.05, 4.69) is 26.1 Å². The molecule has 0 amide bonds. The first-order chi connectivity index (χ1) is 8.40. The van der Waals surface area contributed by atoms with E-state index in [1.54, 1.807) is 12.1 Å². The maximum atomic E-state index is 12.8. The van der Waals surface area contributed by atoms with Crippen LogP contribution in [0.15, 0.2) is 24.3 Å². The smallest absolute Gasteiger partial charge is 0.123 e. The van der Waals surface area contributed by atoms with Gasteiger partial charge in [0.05, 0.1) is 6.10 Å². The van der Waals surface area contributed by atoms with Gasteiger partial charge in [-0.05, 0) is 43.9 Å². The highest BCUT2D eigenvalue weighted by atomic mass is 19.1. The van der Waals surface area contributed by atoms with Gasteiger partial charge in [0.25, 0.3) is 0 Å². The monoisotopic (exact) mass is 253 g/mol. The lowest BCUT2D eigenvalue weighted by atomic mass is 10.0. The van der Waals surface area contributed by atoms with Crippen molar-refractivity contribution in [2.75, 3.05) is 0 Å². The van der Waals surface area contributed by atoms with Gasteiger partial charge in [0, 0.05) is 12.1 Å². The van der Waals surface area contributed by atoms with E-state index in [9.17, 15) is 9.50 Å². The topological polar surface area (TPSA) is 32.3 Å². The van der Waals surface area contributed by atoms with E-state index in [4.69, 9.17) is 0 Å². The maximum absolute atomic E-state index is 12.8. The van der Waals surface area contributed by atoms with Crippen molar-refractivity contribution in [3.05, 3.63) is 35.6 Å². The summed E-state index contributed by atoms with van der Waals surface area (Å²) in [6.07, 6.45) is 0.459. The Morgan fingerprint density at radius 1 is 1.11 bits per heavy atom. The summed E-state index contributed by atoms with van der Waals surface area (Å²) < 4.78 is 12.8. The lowest BCUT2D eigenvalue weighted by Crippen LogP contribution is -2.39. The molecule has 1 rings (SSSR count). The predicted molar refractivity (Wildman–Crippen MR) is 72.9 cm³/mol. The van der Waals surface area contributed by atoms with Crippen molar-refractivity contribution in [1.82, 2.24) is 5.32 Å². The number of aliphatic hydroxyl groups is 1. The standard InChI is InChI=1S/C15H24FNO/c1-10(2)9-11(3)17-12(4)15(18)13-5-7-14(16)8-6-13/h5-8,10-12,15,17-18H,9H2,1-4H3. The van der Waals surface area contributed by atoms with E-state index in [-0.39, 0.29) is 11.9 Å². The summed E-state index contributed by atoms with van der Waals surface area (Å²) in [6, 6.07) is 6.32. The lowest BCUT2D eigenvalue weighted by molar-refractivity contribution is 0.128. The molecule has 0 radical (unpaired) electrons. The second kappa shape index (κ2) is 6.86.